The Labute approximate surface area is 156 Å². The first-order valence-corrected chi connectivity index (χ1v) is 9.59. The predicted octanol–water partition coefficient (Wildman–Crippen LogP) is 3.48. The fourth-order valence-electron chi connectivity index (χ4n) is 2.34. The van der Waals surface area contributed by atoms with Crippen LogP contribution in [0.2, 0.25) is 0 Å². The van der Waals surface area contributed by atoms with Gasteiger partial charge in [0.1, 0.15) is 5.75 Å². The molecule has 0 fully saturated rings. The quantitative estimate of drug-likeness (QED) is 0.586. The molecule has 0 spiro atoms. The summed E-state index contributed by atoms with van der Waals surface area (Å²) in [6, 6.07) is 9.11. The number of thiazole rings is 1. The van der Waals surface area contributed by atoms with Crippen LogP contribution >= 0.6 is 11.3 Å². The van der Waals surface area contributed by atoms with Crippen molar-refractivity contribution >= 4 is 17.2 Å². The standard InChI is InChI=1S/C19H22N4O2S/c1-2-3-13-25-17-7-5-15(6-8-17)18(24)20-11-9-16-14-26-19(22-16)23-12-4-10-21-23/h4-8,10,12,14H,2-3,9,11,13H2,1H3,(H,20,24). The molecule has 3 aromatic rings. The van der Waals surface area contributed by atoms with Crippen molar-refractivity contribution < 1.29 is 9.53 Å². The van der Waals surface area contributed by atoms with Gasteiger partial charge in [-0.3, -0.25) is 4.79 Å². The normalized spacial score (nSPS) is 10.7. The second kappa shape index (κ2) is 9.15. The van der Waals surface area contributed by atoms with Crippen molar-refractivity contribution in [3.8, 4) is 10.9 Å². The summed E-state index contributed by atoms with van der Waals surface area (Å²) >= 11 is 1.53. The fourth-order valence-corrected chi connectivity index (χ4v) is 3.14. The second-order valence-electron chi connectivity index (χ2n) is 5.80. The molecule has 0 atom stereocenters. The maximum absolute atomic E-state index is 12.2. The number of ether oxygens (including phenoxy) is 1. The molecule has 1 N–H and O–H groups in total. The topological polar surface area (TPSA) is 69.0 Å². The summed E-state index contributed by atoms with van der Waals surface area (Å²) in [5, 5.41) is 9.91. The molecule has 0 unspecified atom stereocenters. The van der Waals surface area contributed by atoms with Crippen molar-refractivity contribution in [1.82, 2.24) is 20.1 Å². The van der Waals surface area contributed by atoms with Crippen LogP contribution in [-0.2, 0) is 6.42 Å². The summed E-state index contributed by atoms with van der Waals surface area (Å²) in [5.74, 6) is 0.705. The minimum absolute atomic E-state index is 0.0902. The Morgan fingerprint density at radius 1 is 1.31 bits per heavy atom. The molecule has 1 aromatic carbocycles. The molecule has 0 aliphatic heterocycles. The van der Waals surface area contributed by atoms with Crippen LogP contribution in [0.25, 0.3) is 5.13 Å². The lowest BCUT2D eigenvalue weighted by Crippen LogP contribution is -2.25. The average Bonchev–Trinajstić information content (AvgIpc) is 3.34. The van der Waals surface area contributed by atoms with E-state index in [-0.39, 0.29) is 5.91 Å². The van der Waals surface area contributed by atoms with E-state index in [1.165, 1.54) is 11.3 Å². The summed E-state index contributed by atoms with van der Waals surface area (Å²) in [6.07, 6.45) is 6.40. The number of hydrogen-bond donors (Lipinski definition) is 1. The summed E-state index contributed by atoms with van der Waals surface area (Å²) in [6.45, 7) is 3.37. The highest BCUT2D eigenvalue weighted by Gasteiger charge is 2.07. The van der Waals surface area contributed by atoms with Gasteiger partial charge in [-0.15, -0.1) is 11.3 Å². The van der Waals surface area contributed by atoms with E-state index in [0.29, 0.717) is 25.1 Å². The number of nitrogens with zero attached hydrogens (tertiary/aromatic N) is 3. The Kier molecular flexibility index (Phi) is 6.38. The predicted molar refractivity (Wildman–Crippen MR) is 102 cm³/mol. The number of nitrogens with one attached hydrogen (secondary N) is 1. The Bertz CT molecular complexity index is 812. The number of benzene rings is 1. The van der Waals surface area contributed by atoms with E-state index in [1.807, 2.05) is 29.8 Å². The number of unbranched alkanes of at least 4 members (excludes halogenated alkanes) is 1. The number of amides is 1. The first-order valence-electron chi connectivity index (χ1n) is 8.71. The van der Waals surface area contributed by atoms with Crippen LogP contribution in [0, 0.1) is 0 Å². The first kappa shape index (κ1) is 18.1. The van der Waals surface area contributed by atoms with Crippen LogP contribution < -0.4 is 10.1 Å². The van der Waals surface area contributed by atoms with Crippen LogP contribution in [0.1, 0.15) is 35.8 Å². The highest BCUT2D eigenvalue weighted by molar-refractivity contribution is 7.12. The van der Waals surface area contributed by atoms with Gasteiger partial charge in [-0.05, 0) is 36.8 Å². The zero-order valence-corrected chi connectivity index (χ0v) is 15.5. The number of carbonyl (C=O) groups is 1. The highest BCUT2D eigenvalue weighted by Crippen LogP contribution is 2.14. The molecule has 3 rings (SSSR count). The molecule has 0 aliphatic rings. The minimum Gasteiger partial charge on any atom is -0.494 e. The molecule has 7 heteroatoms. The van der Waals surface area contributed by atoms with Crippen LogP contribution in [0.15, 0.2) is 48.1 Å². The van der Waals surface area contributed by atoms with E-state index in [2.05, 4.69) is 22.3 Å². The number of rotatable bonds is 9. The van der Waals surface area contributed by atoms with E-state index in [1.54, 1.807) is 23.0 Å². The van der Waals surface area contributed by atoms with Crippen molar-refractivity contribution in [2.45, 2.75) is 26.2 Å². The summed E-state index contributed by atoms with van der Waals surface area (Å²) in [4.78, 5) is 16.7. The molecule has 0 aliphatic carbocycles. The Hall–Kier alpha value is -2.67. The molecule has 2 heterocycles. The molecule has 0 radical (unpaired) electrons. The van der Waals surface area contributed by atoms with Crippen LogP contribution in [-0.4, -0.2) is 33.8 Å². The molecule has 26 heavy (non-hydrogen) atoms. The van der Waals surface area contributed by atoms with Crippen molar-refractivity contribution in [3.05, 3.63) is 59.4 Å². The van der Waals surface area contributed by atoms with Crippen molar-refractivity contribution in [2.24, 2.45) is 0 Å². The Morgan fingerprint density at radius 3 is 2.88 bits per heavy atom. The van der Waals surface area contributed by atoms with Gasteiger partial charge in [-0.25, -0.2) is 9.67 Å². The zero-order valence-electron chi connectivity index (χ0n) is 14.7. The van der Waals surface area contributed by atoms with E-state index in [9.17, 15) is 4.79 Å². The molecule has 1 amide bonds. The van der Waals surface area contributed by atoms with E-state index in [4.69, 9.17) is 4.74 Å². The third kappa shape index (κ3) is 4.92. The van der Waals surface area contributed by atoms with Gasteiger partial charge in [0, 0.05) is 36.3 Å². The van der Waals surface area contributed by atoms with Crippen molar-refractivity contribution in [3.63, 3.8) is 0 Å². The van der Waals surface area contributed by atoms with Crippen LogP contribution in [0.3, 0.4) is 0 Å². The van der Waals surface area contributed by atoms with E-state index in [0.717, 1.165) is 29.4 Å². The molecular formula is C19H22N4O2S. The van der Waals surface area contributed by atoms with Gasteiger partial charge in [0.25, 0.3) is 5.91 Å². The fraction of sp³-hybridized carbons (Fsp3) is 0.316. The molecule has 0 bridgehead atoms. The maximum Gasteiger partial charge on any atom is 0.251 e. The molecular weight excluding hydrogens is 348 g/mol. The third-order valence-electron chi connectivity index (χ3n) is 3.79. The molecule has 2 aromatic heterocycles. The average molecular weight is 370 g/mol. The summed E-state index contributed by atoms with van der Waals surface area (Å²) < 4.78 is 7.34. The highest BCUT2D eigenvalue weighted by atomic mass is 32.1. The van der Waals surface area contributed by atoms with Gasteiger partial charge in [0.05, 0.1) is 12.3 Å². The number of aromatic nitrogens is 3. The lowest BCUT2D eigenvalue weighted by molar-refractivity contribution is 0.0954. The van der Waals surface area contributed by atoms with Crippen molar-refractivity contribution in [1.29, 1.82) is 0 Å². The first-order chi connectivity index (χ1) is 12.8. The van der Waals surface area contributed by atoms with E-state index >= 15 is 0 Å². The Morgan fingerprint density at radius 2 is 2.15 bits per heavy atom. The van der Waals surface area contributed by atoms with Crippen molar-refractivity contribution in [2.75, 3.05) is 13.2 Å². The summed E-state index contributed by atoms with van der Waals surface area (Å²) in [7, 11) is 0. The Balaban J connectivity index is 1.45. The van der Waals surface area contributed by atoms with Gasteiger partial charge in [-0.2, -0.15) is 5.10 Å². The van der Waals surface area contributed by atoms with Crippen LogP contribution in [0.5, 0.6) is 5.75 Å². The van der Waals surface area contributed by atoms with Gasteiger partial charge in [0.15, 0.2) is 0 Å². The lowest BCUT2D eigenvalue weighted by Gasteiger charge is -2.07. The summed E-state index contributed by atoms with van der Waals surface area (Å²) in [5.41, 5.74) is 1.57. The second-order valence-corrected chi connectivity index (χ2v) is 6.64. The maximum atomic E-state index is 12.2. The van der Waals surface area contributed by atoms with Gasteiger partial charge < -0.3 is 10.1 Å². The third-order valence-corrected chi connectivity index (χ3v) is 4.67. The van der Waals surface area contributed by atoms with Gasteiger partial charge in [-0.1, -0.05) is 13.3 Å². The van der Waals surface area contributed by atoms with Crippen LogP contribution in [0.4, 0.5) is 0 Å². The van der Waals surface area contributed by atoms with Gasteiger partial charge >= 0.3 is 0 Å². The molecule has 0 saturated heterocycles. The largest absolute Gasteiger partial charge is 0.494 e. The van der Waals surface area contributed by atoms with Gasteiger partial charge in [0.2, 0.25) is 5.13 Å². The van der Waals surface area contributed by atoms with E-state index < -0.39 is 0 Å². The molecule has 6 nitrogen and oxygen atoms in total. The lowest BCUT2D eigenvalue weighted by atomic mass is 10.2. The zero-order chi connectivity index (χ0) is 18.2. The number of hydrogen-bond acceptors (Lipinski definition) is 5. The molecule has 0 saturated carbocycles. The minimum atomic E-state index is -0.0902. The smallest absolute Gasteiger partial charge is 0.251 e. The number of carbonyl (C=O) groups excluding carboxylic acids is 1. The molecule has 136 valence electrons. The monoisotopic (exact) mass is 370 g/mol. The SMILES string of the molecule is CCCCOc1ccc(C(=O)NCCc2csc(-n3cccn3)n2)cc1.